The summed E-state index contributed by atoms with van der Waals surface area (Å²) in [5.41, 5.74) is 4.19. The van der Waals surface area contributed by atoms with Crippen molar-refractivity contribution in [1.82, 2.24) is 0 Å². The van der Waals surface area contributed by atoms with Crippen LogP contribution in [0.3, 0.4) is 0 Å². The molecule has 0 saturated carbocycles. The standard InChI is InChI=1S/C19H21NO2S2/c1-13-7-8-14(2)16(11-13)20-18(21)12-22-17-6-4-3-5-15(17)19-23-9-10-24-19/h3-8,11,19H,9-10,12H2,1-2H3,(H,20,21). The fourth-order valence-electron chi connectivity index (χ4n) is 2.54. The Balaban J connectivity index is 1.63. The normalized spacial score (nSPS) is 14.6. The van der Waals surface area contributed by atoms with E-state index in [9.17, 15) is 4.79 Å². The Morgan fingerprint density at radius 3 is 2.71 bits per heavy atom. The fraction of sp³-hybridized carbons (Fsp3) is 0.316. The van der Waals surface area contributed by atoms with Gasteiger partial charge in [0.2, 0.25) is 0 Å². The van der Waals surface area contributed by atoms with Crippen molar-refractivity contribution >= 4 is 35.1 Å². The Hall–Kier alpha value is -1.59. The van der Waals surface area contributed by atoms with Crippen LogP contribution in [0.25, 0.3) is 0 Å². The molecule has 0 spiro atoms. The highest BCUT2D eigenvalue weighted by Gasteiger charge is 2.21. The Kier molecular flexibility index (Phi) is 5.74. The van der Waals surface area contributed by atoms with Crippen LogP contribution in [0.2, 0.25) is 0 Å². The smallest absolute Gasteiger partial charge is 0.262 e. The summed E-state index contributed by atoms with van der Waals surface area (Å²) in [6, 6.07) is 14.0. The molecule has 1 heterocycles. The summed E-state index contributed by atoms with van der Waals surface area (Å²) in [5, 5.41) is 2.94. The second-order valence-corrected chi connectivity index (χ2v) is 8.49. The summed E-state index contributed by atoms with van der Waals surface area (Å²) in [4.78, 5) is 12.2. The second kappa shape index (κ2) is 7.99. The van der Waals surface area contributed by atoms with Crippen LogP contribution in [0.4, 0.5) is 5.69 Å². The summed E-state index contributed by atoms with van der Waals surface area (Å²) in [6.07, 6.45) is 0. The SMILES string of the molecule is Cc1ccc(C)c(NC(=O)COc2ccccc2C2SCCS2)c1. The van der Waals surface area contributed by atoms with Gasteiger partial charge >= 0.3 is 0 Å². The summed E-state index contributed by atoms with van der Waals surface area (Å²) in [7, 11) is 0. The lowest BCUT2D eigenvalue weighted by atomic mass is 10.1. The second-order valence-electron chi connectivity index (χ2n) is 5.77. The number of benzene rings is 2. The molecule has 126 valence electrons. The Bertz CT molecular complexity index is 727. The van der Waals surface area contributed by atoms with Gasteiger partial charge in [-0.25, -0.2) is 0 Å². The van der Waals surface area contributed by atoms with E-state index in [1.165, 1.54) is 5.56 Å². The number of amides is 1. The van der Waals surface area contributed by atoms with E-state index >= 15 is 0 Å². The van der Waals surface area contributed by atoms with Crippen molar-refractivity contribution in [3.8, 4) is 5.75 Å². The zero-order valence-electron chi connectivity index (χ0n) is 13.9. The first-order valence-electron chi connectivity index (χ1n) is 7.95. The molecule has 0 bridgehead atoms. The molecule has 1 fully saturated rings. The topological polar surface area (TPSA) is 38.3 Å². The van der Waals surface area contributed by atoms with E-state index in [4.69, 9.17) is 4.74 Å². The number of aryl methyl sites for hydroxylation is 2. The molecular weight excluding hydrogens is 338 g/mol. The summed E-state index contributed by atoms with van der Waals surface area (Å²) >= 11 is 3.86. The van der Waals surface area contributed by atoms with E-state index in [1.807, 2.05) is 73.8 Å². The maximum atomic E-state index is 12.2. The van der Waals surface area contributed by atoms with E-state index in [-0.39, 0.29) is 12.5 Å². The molecule has 3 rings (SSSR count). The minimum atomic E-state index is -0.134. The third-order valence-electron chi connectivity index (χ3n) is 3.82. The highest BCUT2D eigenvalue weighted by molar-refractivity contribution is 8.19. The molecule has 2 aromatic rings. The number of hydrogen-bond acceptors (Lipinski definition) is 4. The van der Waals surface area contributed by atoms with Gasteiger partial charge < -0.3 is 10.1 Å². The molecule has 3 nitrogen and oxygen atoms in total. The number of para-hydroxylation sites is 1. The van der Waals surface area contributed by atoms with Gasteiger partial charge in [-0.2, -0.15) is 0 Å². The van der Waals surface area contributed by atoms with Gasteiger partial charge in [-0.05, 0) is 37.1 Å². The van der Waals surface area contributed by atoms with E-state index in [0.717, 1.165) is 34.1 Å². The van der Waals surface area contributed by atoms with Crippen LogP contribution in [0.15, 0.2) is 42.5 Å². The van der Waals surface area contributed by atoms with Gasteiger partial charge in [0.25, 0.3) is 5.91 Å². The number of ether oxygens (including phenoxy) is 1. The quantitative estimate of drug-likeness (QED) is 0.832. The molecular formula is C19H21NO2S2. The predicted molar refractivity (Wildman–Crippen MR) is 104 cm³/mol. The van der Waals surface area contributed by atoms with E-state index in [1.54, 1.807) is 0 Å². The van der Waals surface area contributed by atoms with E-state index in [0.29, 0.717) is 4.58 Å². The van der Waals surface area contributed by atoms with Crippen molar-refractivity contribution in [1.29, 1.82) is 0 Å². The van der Waals surface area contributed by atoms with Crippen molar-refractivity contribution in [2.24, 2.45) is 0 Å². The van der Waals surface area contributed by atoms with Crippen LogP contribution in [-0.2, 0) is 4.79 Å². The molecule has 24 heavy (non-hydrogen) atoms. The zero-order valence-corrected chi connectivity index (χ0v) is 15.5. The Morgan fingerprint density at radius 1 is 1.17 bits per heavy atom. The number of anilines is 1. The lowest BCUT2D eigenvalue weighted by molar-refractivity contribution is -0.118. The van der Waals surface area contributed by atoms with E-state index in [2.05, 4.69) is 11.4 Å². The average molecular weight is 360 g/mol. The van der Waals surface area contributed by atoms with Gasteiger partial charge in [-0.15, -0.1) is 23.5 Å². The van der Waals surface area contributed by atoms with E-state index < -0.39 is 0 Å². The average Bonchev–Trinajstić information content (AvgIpc) is 3.11. The molecule has 2 aromatic carbocycles. The number of thioether (sulfide) groups is 2. The molecule has 0 aromatic heterocycles. The lowest BCUT2D eigenvalue weighted by Crippen LogP contribution is -2.21. The Morgan fingerprint density at radius 2 is 1.92 bits per heavy atom. The van der Waals surface area contributed by atoms with Crippen molar-refractivity contribution < 1.29 is 9.53 Å². The zero-order chi connectivity index (χ0) is 16.9. The van der Waals surface area contributed by atoms with Crippen LogP contribution in [0.1, 0.15) is 21.3 Å². The van der Waals surface area contributed by atoms with Crippen LogP contribution >= 0.6 is 23.5 Å². The minimum Gasteiger partial charge on any atom is -0.483 e. The van der Waals surface area contributed by atoms with Crippen LogP contribution in [0, 0.1) is 13.8 Å². The number of nitrogens with one attached hydrogen (secondary N) is 1. The van der Waals surface area contributed by atoms with Crippen LogP contribution in [0.5, 0.6) is 5.75 Å². The van der Waals surface area contributed by atoms with Gasteiger partial charge in [-0.1, -0.05) is 30.3 Å². The summed E-state index contributed by atoms with van der Waals surface area (Å²) in [5.74, 6) is 3.00. The number of carbonyl (C=O) groups is 1. The van der Waals surface area contributed by atoms with Gasteiger partial charge in [-0.3, -0.25) is 4.79 Å². The molecule has 1 N–H and O–H groups in total. The lowest BCUT2D eigenvalue weighted by Gasteiger charge is -2.15. The first-order valence-corrected chi connectivity index (χ1v) is 10.1. The molecule has 0 aliphatic carbocycles. The van der Waals surface area contributed by atoms with Crippen molar-refractivity contribution in [2.45, 2.75) is 18.4 Å². The first kappa shape index (κ1) is 17.2. The predicted octanol–water partition coefficient (Wildman–Crippen LogP) is 4.80. The third kappa shape index (κ3) is 4.28. The maximum absolute atomic E-state index is 12.2. The first-order chi connectivity index (χ1) is 11.6. The van der Waals surface area contributed by atoms with Crippen LogP contribution in [-0.4, -0.2) is 24.0 Å². The largest absolute Gasteiger partial charge is 0.483 e. The molecule has 0 atom stereocenters. The van der Waals surface area contributed by atoms with Crippen molar-refractivity contribution in [3.05, 3.63) is 59.2 Å². The maximum Gasteiger partial charge on any atom is 0.262 e. The van der Waals surface area contributed by atoms with Crippen LogP contribution < -0.4 is 10.1 Å². The third-order valence-corrected chi connectivity index (χ3v) is 6.89. The molecule has 5 heteroatoms. The molecule has 1 aliphatic rings. The number of carbonyl (C=O) groups excluding carboxylic acids is 1. The molecule has 0 radical (unpaired) electrons. The molecule has 1 saturated heterocycles. The summed E-state index contributed by atoms with van der Waals surface area (Å²) in [6.45, 7) is 4.02. The Labute approximate surface area is 151 Å². The number of hydrogen-bond donors (Lipinski definition) is 1. The van der Waals surface area contributed by atoms with Crippen molar-refractivity contribution in [2.75, 3.05) is 23.4 Å². The summed E-state index contributed by atoms with van der Waals surface area (Å²) < 4.78 is 6.22. The van der Waals surface area contributed by atoms with Gasteiger partial charge in [0.1, 0.15) is 5.75 Å². The fourth-order valence-corrected chi connectivity index (χ4v) is 5.45. The molecule has 0 unspecified atom stereocenters. The monoisotopic (exact) mass is 359 g/mol. The molecule has 1 aliphatic heterocycles. The van der Waals surface area contributed by atoms with Crippen molar-refractivity contribution in [3.63, 3.8) is 0 Å². The number of rotatable bonds is 5. The highest BCUT2D eigenvalue weighted by Crippen LogP contribution is 2.48. The van der Waals surface area contributed by atoms with Gasteiger partial charge in [0.05, 0.1) is 4.58 Å². The highest BCUT2D eigenvalue weighted by atomic mass is 32.2. The molecule has 1 amide bonds. The van der Waals surface area contributed by atoms with Gasteiger partial charge in [0.15, 0.2) is 6.61 Å². The minimum absolute atomic E-state index is 0.0203. The van der Waals surface area contributed by atoms with Gasteiger partial charge in [0, 0.05) is 22.8 Å².